The number of hydrogen-bond donors (Lipinski definition) is 2. The molecule has 3 heterocycles. The summed E-state index contributed by atoms with van der Waals surface area (Å²) in [5.41, 5.74) is 13.7. The number of guanidine groups is 1. The molecule has 9 nitrogen and oxygen atoms in total. The fraction of sp³-hybridized carbons (Fsp3) is 0.500. The molecule has 1 aromatic heterocycles. The maximum Gasteiger partial charge on any atom is 0.225 e. The third-order valence-corrected chi connectivity index (χ3v) is 7.65. The highest BCUT2D eigenvalue weighted by atomic mass is 35.5. The van der Waals surface area contributed by atoms with Gasteiger partial charge in [-0.05, 0) is 56.5 Å². The number of aliphatic imine (C=N–C) groups is 1. The first-order valence-electron chi connectivity index (χ1n) is 11.8. The van der Waals surface area contributed by atoms with Crippen molar-refractivity contribution in [2.75, 3.05) is 33.3 Å². The van der Waals surface area contributed by atoms with Crippen molar-refractivity contribution in [3.8, 4) is 0 Å². The number of amides is 1. The lowest BCUT2D eigenvalue weighted by atomic mass is 9.87. The van der Waals surface area contributed by atoms with Gasteiger partial charge in [0.15, 0.2) is 5.96 Å². The Morgan fingerprint density at radius 3 is 2.40 bits per heavy atom. The maximum absolute atomic E-state index is 13.2. The normalized spacial score (nSPS) is 18.5. The van der Waals surface area contributed by atoms with E-state index in [-0.39, 0.29) is 23.7 Å². The molecule has 2 saturated heterocycles. The van der Waals surface area contributed by atoms with Crippen LogP contribution in [0.3, 0.4) is 0 Å². The average molecular weight is 518 g/mol. The van der Waals surface area contributed by atoms with E-state index in [9.17, 15) is 4.79 Å². The van der Waals surface area contributed by atoms with Crippen molar-refractivity contribution in [3.05, 3.63) is 45.9 Å². The number of nitrogens with zero attached hydrogens (tertiary/aromatic N) is 5. The molecule has 4 N–H and O–H groups in total. The van der Waals surface area contributed by atoms with Crippen molar-refractivity contribution in [2.45, 2.75) is 32.2 Å². The van der Waals surface area contributed by atoms with Gasteiger partial charge in [0, 0.05) is 41.9 Å². The number of piperidine rings is 2. The Hall–Kier alpha value is -2.69. The van der Waals surface area contributed by atoms with Gasteiger partial charge in [-0.1, -0.05) is 28.9 Å². The molecule has 0 aliphatic carbocycles. The predicted molar refractivity (Wildman–Crippen MR) is 140 cm³/mol. The minimum absolute atomic E-state index is 0.0152. The second-order valence-electron chi connectivity index (χ2n) is 8.97. The minimum atomic E-state index is 0.0152. The van der Waals surface area contributed by atoms with E-state index in [1.54, 1.807) is 7.11 Å². The Morgan fingerprint density at radius 1 is 1.11 bits per heavy atom. The van der Waals surface area contributed by atoms with Crippen molar-refractivity contribution in [3.63, 3.8) is 0 Å². The van der Waals surface area contributed by atoms with Gasteiger partial charge in [0.2, 0.25) is 11.0 Å². The monoisotopic (exact) mass is 517 g/mol. The first-order chi connectivity index (χ1) is 16.9. The Labute approximate surface area is 214 Å². The number of benzene rings is 1. The van der Waals surface area contributed by atoms with E-state index in [4.69, 9.17) is 27.9 Å². The fourth-order valence-corrected chi connectivity index (χ4v) is 5.63. The molecule has 0 saturated carbocycles. The van der Waals surface area contributed by atoms with Crippen molar-refractivity contribution >= 4 is 45.6 Å². The third-order valence-electron chi connectivity index (χ3n) is 6.61. The number of thiazole rings is 1. The largest absolute Gasteiger partial charge is 0.399 e. The lowest BCUT2D eigenvalue weighted by Gasteiger charge is -2.37. The number of carbonyl (C=O) groups excluding carboxylic acids is 1. The molecule has 0 spiro atoms. The Bertz CT molecular complexity index is 1050. The molecule has 0 radical (unpaired) electrons. The second kappa shape index (κ2) is 11.8. The van der Waals surface area contributed by atoms with Crippen LogP contribution in [-0.4, -0.2) is 65.7 Å². The molecule has 0 atom stereocenters. The number of rotatable bonds is 7. The van der Waals surface area contributed by atoms with Gasteiger partial charge >= 0.3 is 0 Å². The number of halogens is 1. The van der Waals surface area contributed by atoms with Crippen LogP contribution in [0.4, 0.5) is 5.13 Å². The van der Waals surface area contributed by atoms with Crippen LogP contribution < -0.4 is 11.5 Å². The van der Waals surface area contributed by atoms with E-state index >= 15 is 0 Å². The number of aromatic nitrogens is 1. The molecule has 188 valence electrons. The van der Waals surface area contributed by atoms with Crippen LogP contribution in [0.5, 0.6) is 0 Å². The summed E-state index contributed by atoms with van der Waals surface area (Å²) in [5.74, 6) is 0.632. The predicted octanol–water partition coefficient (Wildman–Crippen LogP) is 3.20. The molecular weight excluding hydrogens is 486 g/mol. The van der Waals surface area contributed by atoms with Crippen LogP contribution in [0.25, 0.3) is 0 Å². The van der Waals surface area contributed by atoms with E-state index in [2.05, 4.69) is 20.0 Å². The first-order valence-corrected chi connectivity index (χ1v) is 13.1. The molecule has 1 aromatic carbocycles. The molecule has 2 fully saturated rings. The second-order valence-corrected chi connectivity index (χ2v) is 10.2. The zero-order valence-electron chi connectivity index (χ0n) is 19.9. The van der Waals surface area contributed by atoms with Crippen molar-refractivity contribution in [1.82, 2.24) is 14.8 Å². The van der Waals surface area contributed by atoms with Gasteiger partial charge in [-0.25, -0.2) is 4.98 Å². The van der Waals surface area contributed by atoms with E-state index in [1.807, 2.05) is 34.5 Å². The first kappa shape index (κ1) is 25.4. The summed E-state index contributed by atoms with van der Waals surface area (Å²) in [4.78, 5) is 31.2. The lowest BCUT2D eigenvalue weighted by molar-refractivity contribution is -0.138. The molecule has 2 aliphatic heterocycles. The third kappa shape index (κ3) is 6.71. The van der Waals surface area contributed by atoms with Crippen LogP contribution in [0, 0.1) is 11.8 Å². The van der Waals surface area contributed by atoms with Crippen molar-refractivity contribution in [2.24, 2.45) is 33.5 Å². The summed E-state index contributed by atoms with van der Waals surface area (Å²) in [6.07, 6.45) is 3.48. The van der Waals surface area contributed by atoms with Crippen molar-refractivity contribution < 1.29 is 9.63 Å². The molecule has 0 unspecified atom stereocenters. The highest BCUT2D eigenvalue weighted by Crippen LogP contribution is 2.28. The smallest absolute Gasteiger partial charge is 0.225 e. The average Bonchev–Trinajstić information content (AvgIpc) is 3.29. The molecular formula is C24H32ClN7O2S. The SMILES string of the molecule is CO/N=C(\c1ccc(Cl)cc1)C1CCN(C(=O)C2CCN(Cc3csc(N=C(N)N)n3)CC2)CC1. The zero-order valence-corrected chi connectivity index (χ0v) is 21.5. The minimum Gasteiger partial charge on any atom is -0.399 e. The number of oxime groups is 1. The highest BCUT2D eigenvalue weighted by molar-refractivity contribution is 7.13. The van der Waals surface area contributed by atoms with Gasteiger partial charge in [-0.15, -0.1) is 11.3 Å². The summed E-state index contributed by atoms with van der Waals surface area (Å²) in [6, 6.07) is 7.67. The summed E-state index contributed by atoms with van der Waals surface area (Å²) >= 11 is 7.47. The molecule has 4 rings (SSSR count). The lowest BCUT2D eigenvalue weighted by Crippen LogP contribution is -2.46. The molecule has 0 bridgehead atoms. The Morgan fingerprint density at radius 2 is 1.77 bits per heavy atom. The van der Waals surface area contributed by atoms with Gasteiger partial charge in [-0.3, -0.25) is 9.69 Å². The molecule has 11 heteroatoms. The Balaban J connectivity index is 1.26. The van der Waals surface area contributed by atoms with Gasteiger partial charge in [0.05, 0.1) is 11.4 Å². The summed E-state index contributed by atoms with van der Waals surface area (Å²) in [5, 5.41) is 7.55. The Kier molecular flexibility index (Phi) is 8.59. The molecule has 35 heavy (non-hydrogen) atoms. The summed E-state index contributed by atoms with van der Waals surface area (Å²) < 4.78 is 0. The van der Waals surface area contributed by atoms with Gasteiger partial charge in [-0.2, -0.15) is 4.99 Å². The van der Waals surface area contributed by atoms with Crippen molar-refractivity contribution in [1.29, 1.82) is 0 Å². The summed E-state index contributed by atoms with van der Waals surface area (Å²) in [6.45, 7) is 3.99. The van der Waals surface area contributed by atoms with Crippen LogP contribution >= 0.6 is 22.9 Å². The number of nitrogens with two attached hydrogens (primary N) is 2. The standard InChI is InChI=1S/C24H32ClN7O2S/c1-34-30-21(16-2-4-19(25)5-3-16)17-8-12-32(13-9-17)22(33)18-6-10-31(11-7-18)14-20-15-35-24(28-20)29-23(26)27/h2-5,15,17-18H,6-14H2,1H3,(H4,26,27,28,29)/b30-21+. The van der Waals surface area contributed by atoms with Crippen LogP contribution in [0.2, 0.25) is 5.02 Å². The van der Waals surface area contributed by atoms with E-state index < -0.39 is 0 Å². The number of hydrogen-bond acceptors (Lipinski definition) is 7. The molecule has 1 amide bonds. The summed E-state index contributed by atoms with van der Waals surface area (Å²) in [7, 11) is 1.57. The quantitative estimate of drug-likeness (QED) is 0.330. The zero-order chi connectivity index (χ0) is 24.8. The van der Waals surface area contributed by atoms with Gasteiger partial charge < -0.3 is 21.2 Å². The van der Waals surface area contributed by atoms with E-state index in [1.165, 1.54) is 11.3 Å². The highest BCUT2D eigenvalue weighted by Gasteiger charge is 2.32. The fourth-order valence-electron chi connectivity index (χ4n) is 4.81. The topological polar surface area (TPSA) is 122 Å². The maximum atomic E-state index is 13.2. The molecule has 2 aromatic rings. The van der Waals surface area contributed by atoms with Gasteiger partial charge in [0.1, 0.15) is 7.11 Å². The van der Waals surface area contributed by atoms with Crippen LogP contribution in [0.15, 0.2) is 39.8 Å². The van der Waals surface area contributed by atoms with Crippen LogP contribution in [0.1, 0.15) is 36.9 Å². The van der Waals surface area contributed by atoms with Crippen LogP contribution in [-0.2, 0) is 16.2 Å². The molecule has 2 aliphatic rings. The number of carbonyl (C=O) groups is 1. The van der Waals surface area contributed by atoms with E-state index in [0.29, 0.717) is 10.2 Å². The van der Waals surface area contributed by atoms with Gasteiger partial charge in [0.25, 0.3) is 0 Å². The van der Waals surface area contributed by atoms with E-state index in [0.717, 1.165) is 75.4 Å². The number of likely N-dealkylation sites (tertiary alicyclic amines) is 2.